The van der Waals surface area contributed by atoms with E-state index in [1.165, 1.54) is 5.56 Å². The Kier molecular flexibility index (Phi) is 8.50. The van der Waals surface area contributed by atoms with Crippen molar-refractivity contribution in [1.82, 2.24) is 4.90 Å². The highest BCUT2D eigenvalue weighted by atomic mass is 32.1. The van der Waals surface area contributed by atoms with Gasteiger partial charge in [0.05, 0.1) is 32.4 Å². The molecule has 3 aromatic rings. The van der Waals surface area contributed by atoms with Crippen molar-refractivity contribution in [3.8, 4) is 17.2 Å². The van der Waals surface area contributed by atoms with Gasteiger partial charge in [0.25, 0.3) is 0 Å². The van der Waals surface area contributed by atoms with E-state index in [2.05, 4.69) is 29.3 Å². The zero-order valence-electron chi connectivity index (χ0n) is 21.6. The SMILES string of the molecule is CCOC(=O)c1ccc(OCC2c3cc(OC)c(OC)cc3CCN2C(=S)Nc2cccc(C)c2)cc1. The van der Waals surface area contributed by atoms with Crippen LogP contribution in [-0.4, -0.2) is 50.0 Å². The molecule has 1 unspecified atom stereocenters. The number of fused-ring (bicyclic) bond motifs is 1. The Balaban J connectivity index is 1.60. The molecule has 0 bridgehead atoms. The van der Waals surface area contributed by atoms with Crippen LogP contribution in [0.4, 0.5) is 5.69 Å². The standard InChI is InChI=1S/C29H32N2O5S/c1-5-35-28(32)20-9-11-23(12-10-20)36-18-25-24-17-27(34-4)26(33-3)16-21(24)13-14-31(25)29(37)30-22-8-6-7-19(2)15-22/h6-12,15-17,25H,5,13-14,18H2,1-4H3,(H,30,37). The minimum Gasteiger partial charge on any atom is -0.493 e. The number of nitrogens with one attached hydrogen (secondary N) is 1. The lowest BCUT2D eigenvalue weighted by molar-refractivity contribution is 0.0526. The molecule has 0 fully saturated rings. The molecule has 37 heavy (non-hydrogen) atoms. The van der Waals surface area contributed by atoms with Crippen LogP contribution in [0, 0.1) is 6.92 Å². The van der Waals surface area contributed by atoms with Crippen molar-refractivity contribution < 1.29 is 23.7 Å². The number of hydrogen-bond acceptors (Lipinski definition) is 6. The quantitative estimate of drug-likeness (QED) is 0.306. The highest BCUT2D eigenvalue weighted by molar-refractivity contribution is 7.80. The molecule has 1 aliphatic heterocycles. The number of hydrogen-bond donors (Lipinski definition) is 1. The molecule has 1 heterocycles. The normalized spacial score (nSPS) is 14.4. The molecular weight excluding hydrogens is 488 g/mol. The van der Waals surface area contributed by atoms with Crippen LogP contribution in [0.1, 0.15) is 40.0 Å². The molecule has 1 atom stereocenters. The third-order valence-electron chi connectivity index (χ3n) is 6.31. The van der Waals surface area contributed by atoms with Gasteiger partial charge in [-0.3, -0.25) is 0 Å². The van der Waals surface area contributed by atoms with E-state index in [1.54, 1.807) is 45.4 Å². The van der Waals surface area contributed by atoms with Crippen molar-refractivity contribution in [1.29, 1.82) is 0 Å². The predicted molar refractivity (Wildman–Crippen MR) is 148 cm³/mol. The maximum atomic E-state index is 12.0. The summed E-state index contributed by atoms with van der Waals surface area (Å²) in [7, 11) is 3.27. The summed E-state index contributed by atoms with van der Waals surface area (Å²) in [6, 6.07) is 19.0. The van der Waals surface area contributed by atoms with Crippen molar-refractivity contribution >= 4 is 29.0 Å². The Hall–Kier alpha value is -3.78. The van der Waals surface area contributed by atoms with Crippen molar-refractivity contribution in [2.45, 2.75) is 26.3 Å². The first-order chi connectivity index (χ1) is 17.9. The third-order valence-corrected chi connectivity index (χ3v) is 6.64. The van der Waals surface area contributed by atoms with Crippen molar-refractivity contribution in [2.75, 3.05) is 39.3 Å². The van der Waals surface area contributed by atoms with Gasteiger partial charge < -0.3 is 29.2 Å². The molecule has 0 saturated heterocycles. The number of nitrogens with zero attached hydrogens (tertiary/aromatic N) is 1. The fourth-order valence-electron chi connectivity index (χ4n) is 4.45. The number of carbonyl (C=O) groups excluding carboxylic acids is 1. The fourth-order valence-corrected chi connectivity index (χ4v) is 4.78. The zero-order valence-corrected chi connectivity index (χ0v) is 22.4. The highest BCUT2D eigenvalue weighted by Gasteiger charge is 2.31. The second kappa shape index (κ2) is 12.0. The summed E-state index contributed by atoms with van der Waals surface area (Å²) >= 11 is 5.87. The fraction of sp³-hybridized carbons (Fsp3) is 0.310. The van der Waals surface area contributed by atoms with Crippen LogP contribution in [0.25, 0.3) is 0 Å². The zero-order chi connectivity index (χ0) is 26.4. The first kappa shape index (κ1) is 26.3. The van der Waals surface area contributed by atoms with Gasteiger partial charge in [-0.2, -0.15) is 0 Å². The van der Waals surface area contributed by atoms with Gasteiger partial charge in [-0.05, 0) is 97.7 Å². The molecule has 3 aromatic carbocycles. The summed E-state index contributed by atoms with van der Waals surface area (Å²) < 4.78 is 22.4. The summed E-state index contributed by atoms with van der Waals surface area (Å²) in [5.41, 5.74) is 4.82. The van der Waals surface area contributed by atoms with Crippen molar-refractivity contribution in [3.05, 3.63) is 82.9 Å². The molecule has 4 rings (SSSR count). The smallest absolute Gasteiger partial charge is 0.338 e. The van der Waals surface area contributed by atoms with Gasteiger partial charge in [-0.1, -0.05) is 12.1 Å². The van der Waals surface area contributed by atoms with Gasteiger partial charge in [0.2, 0.25) is 0 Å². The Morgan fingerprint density at radius 2 is 1.78 bits per heavy atom. The van der Waals surface area contributed by atoms with E-state index in [0.29, 0.717) is 41.1 Å². The number of aryl methyl sites for hydroxylation is 1. The first-order valence-electron chi connectivity index (χ1n) is 12.2. The maximum absolute atomic E-state index is 12.0. The number of benzene rings is 3. The highest BCUT2D eigenvalue weighted by Crippen LogP contribution is 2.38. The van der Waals surface area contributed by atoms with Crippen LogP contribution in [0.15, 0.2) is 60.7 Å². The number of ether oxygens (including phenoxy) is 4. The molecule has 0 saturated carbocycles. The lowest BCUT2D eigenvalue weighted by Crippen LogP contribution is -2.44. The Bertz CT molecular complexity index is 1260. The molecule has 8 heteroatoms. The predicted octanol–water partition coefficient (Wildman–Crippen LogP) is 5.56. The molecule has 0 spiro atoms. The van der Waals surface area contributed by atoms with E-state index in [1.807, 2.05) is 24.3 Å². The van der Waals surface area contributed by atoms with Gasteiger partial charge in [0.15, 0.2) is 16.6 Å². The summed E-state index contributed by atoms with van der Waals surface area (Å²) in [6.45, 7) is 5.23. The van der Waals surface area contributed by atoms with Gasteiger partial charge >= 0.3 is 5.97 Å². The van der Waals surface area contributed by atoms with E-state index in [0.717, 1.165) is 29.8 Å². The summed E-state index contributed by atoms with van der Waals surface area (Å²) in [5.74, 6) is 1.65. The van der Waals surface area contributed by atoms with Crippen LogP contribution in [0.5, 0.6) is 17.2 Å². The summed E-state index contributed by atoms with van der Waals surface area (Å²) in [6.07, 6.45) is 0.802. The molecule has 194 valence electrons. The second-order valence-electron chi connectivity index (χ2n) is 8.72. The second-order valence-corrected chi connectivity index (χ2v) is 9.11. The minimum absolute atomic E-state index is 0.168. The maximum Gasteiger partial charge on any atom is 0.338 e. The Morgan fingerprint density at radius 3 is 2.46 bits per heavy atom. The number of rotatable bonds is 8. The molecule has 7 nitrogen and oxygen atoms in total. The monoisotopic (exact) mass is 520 g/mol. The van der Waals surface area contributed by atoms with Crippen LogP contribution < -0.4 is 19.5 Å². The molecule has 1 N–H and O–H groups in total. The van der Waals surface area contributed by atoms with Gasteiger partial charge in [0, 0.05) is 12.2 Å². The van der Waals surface area contributed by atoms with Gasteiger partial charge in [-0.25, -0.2) is 4.79 Å². The van der Waals surface area contributed by atoms with Crippen molar-refractivity contribution in [2.24, 2.45) is 0 Å². The van der Waals surface area contributed by atoms with E-state index in [-0.39, 0.29) is 12.0 Å². The van der Waals surface area contributed by atoms with Crippen LogP contribution in [0.2, 0.25) is 0 Å². The topological polar surface area (TPSA) is 69.3 Å². The molecule has 0 aromatic heterocycles. The van der Waals surface area contributed by atoms with E-state index in [4.69, 9.17) is 31.2 Å². The molecular formula is C29H32N2O5S. The van der Waals surface area contributed by atoms with Crippen LogP contribution >= 0.6 is 12.2 Å². The Labute approximate surface area is 223 Å². The van der Waals surface area contributed by atoms with E-state index in [9.17, 15) is 4.79 Å². The number of methoxy groups -OCH3 is 2. The average Bonchev–Trinajstić information content (AvgIpc) is 2.91. The number of anilines is 1. The van der Waals surface area contributed by atoms with Crippen LogP contribution in [0.3, 0.4) is 0 Å². The molecule has 0 radical (unpaired) electrons. The Morgan fingerprint density at radius 1 is 1.05 bits per heavy atom. The number of carbonyl (C=O) groups is 1. The molecule has 0 amide bonds. The molecule has 1 aliphatic rings. The van der Waals surface area contributed by atoms with Crippen molar-refractivity contribution in [3.63, 3.8) is 0 Å². The number of thiocarbonyl (C=S) groups is 1. The lowest BCUT2D eigenvalue weighted by atomic mass is 9.92. The number of esters is 1. The third kappa shape index (κ3) is 6.14. The average molecular weight is 521 g/mol. The summed E-state index contributed by atoms with van der Waals surface area (Å²) in [5, 5.41) is 4.01. The molecule has 0 aliphatic carbocycles. The lowest BCUT2D eigenvalue weighted by Gasteiger charge is -2.39. The van der Waals surface area contributed by atoms with E-state index < -0.39 is 0 Å². The van der Waals surface area contributed by atoms with Crippen LogP contribution in [-0.2, 0) is 11.2 Å². The largest absolute Gasteiger partial charge is 0.493 e. The van der Waals surface area contributed by atoms with Gasteiger partial charge in [-0.15, -0.1) is 0 Å². The minimum atomic E-state index is -0.352. The van der Waals surface area contributed by atoms with Gasteiger partial charge in [0.1, 0.15) is 12.4 Å². The first-order valence-corrected chi connectivity index (χ1v) is 12.6. The summed E-state index contributed by atoms with van der Waals surface area (Å²) in [4.78, 5) is 14.1. The van der Waals surface area contributed by atoms with E-state index >= 15 is 0 Å².